The quantitative estimate of drug-likeness (QED) is 0.318. The highest BCUT2D eigenvalue weighted by atomic mass is 16.6. The molecule has 4 nitrogen and oxygen atoms in total. The number of nitrogens with zero attached hydrogens (tertiary/aromatic N) is 1. The fraction of sp³-hybridized carbons (Fsp3) is 0.100. The van der Waals surface area contributed by atoms with Gasteiger partial charge in [0.25, 0.3) is 5.69 Å². The van der Waals surface area contributed by atoms with Crippen LogP contribution in [0, 0.1) is 17.0 Å². The first-order valence-electron chi connectivity index (χ1n) is 4.02. The Balaban J connectivity index is 3.06. The van der Waals surface area contributed by atoms with Crippen molar-refractivity contribution in [1.29, 1.82) is 0 Å². The number of benzene rings is 1. The van der Waals surface area contributed by atoms with Gasteiger partial charge in [0.15, 0.2) is 0 Å². The monoisotopic (exact) mass is 191 g/mol. The lowest BCUT2D eigenvalue weighted by Gasteiger charge is -1.97. The Labute approximate surface area is 81.0 Å². The molecule has 0 aliphatic carbocycles. The van der Waals surface area contributed by atoms with Crippen molar-refractivity contribution >= 4 is 18.0 Å². The van der Waals surface area contributed by atoms with Crippen LogP contribution in [0.25, 0.3) is 6.08 Å². The van der Waals surface area contributed by atoms with Crippen molar-refractivity contribution in [1.82, 2.24) is 0 Å². The summed E-state index contributed by atoms with van der Waals surface area (Å²) in [6.07, 6.45) is 3.61. The smallest absolute Gasteiger partial charge is 0.272 e. The standard InChI is InChI=1S/C10H9NO3/c1-8-7-9(3-2-6-12)4-5-10(8)11(13)14/h2-7H,1H3. The summed E-state index contributed by atoms with van der Waals surface area (Å²) in [5.41, 5.74) is 1.46. The predicted octanol–water partition coefficient (Wildman–Crippen LogP) is 2.12. The average Bonchev–Trinajstić information content (AvgIpc) is 2.14. The molecule has 72 valence electrons. The third kappa shape index (κ3) is 2.26. The molecule has 1 aromatic rings. The van der Waals surface area contributed by atoms with Crippen molar-refractivity contribution in [3.05, 3.63) is 45.5 Å². The van der Waals surface area contributed by atoms with E-state index in [1.165, 1.54) is 12.1 Å². The first-order chi connectivity index (χ1) is 6.65. The molecule has 0 saturated carbocycles. The van der Waals surface area contributed by atoms with E-state index in [-0.39, 0.29) is 5.69 Å². The summed E-state index contributed by atoms with van der Waals surface area (Å²) in [6, 6.07) is 4.70. The molecule has 0 radical (unpaired) electrons. The van der Waals surface area contributed by atoms with Crippen LogP contribution in [-0.4, -0.2) is 11.2 Å². The summed E-state index contributed by atoms with van der Waals surface area (Å²) in [6.45, 7) is 1.66. The number of nitro groups is 1. The van der Waals surface area contributed by atoms with Gasteiger partial charge >= 0.3 is 0 Å². The number of allylic oxidation sites excluding steroid dienone is 1. The van der Waals surface area contributed by atoms with Crippen LogP contribution in [-0.2, 0) is 4.79 Å². The molecule has 0 heterocycles. The van der Waals surface area contributed by atoms with Crippen LogP contribution in [0.4, 0.5) is 5.69 Å². The van der Waals surface area contributed by atoms with E-state index in [1.54, 1.807) is 25.1 Å². The molecule has 1 rings (SSSR count). The Morgan fingerprint density at radius 2 is 2.14 bits per heavy atom. The molecule has 4 heteroatoms. The maximum absolute atomic E-state index is 10.5. The minimum Gasteiger partial charge on any atom is -0.299 e. The number of aryl methyl sites for hydroxylation is 1. The number of aldehydes is 1. The molecule has 0 atom stereocenters. The van der Waals surface area contributed by atoms with Crippen molar-refractivity contribution < 1.29 is 9.72 Å². The van der Waals surface area contributed by atoms with E-state index < -0.39 is 4.92 Å². The van der Waals surface area contributed by atoms with E-state index in [0.29, 0.717) is 11.8 Å². The van der Waals surface area contributed by atoms with Crippen molar-refractivity contribution in [3.63, 3.8) is 0 Å². The highest BCUT2D eigenvalue weighted by molar-refractivity contribution is 5.74. The number of rotatable bonds is 3. The minimum absolute atomic E-state index is 0.0910. The summed E-state index contributed by atoms with van der Waals surface area (Å²) in [4.78, 5) is 20.1. The molecule has 0 bridgehead atoms. The van der Waals surface area contributed by atoms with Crippen molar-refractivity contribution in [2.75, 3.05) is 0 Å². The average molecular weight is 191 g/mol. The molecule has 0 aliphatic heterocycles. The second-order valence-corrected chi connectivity index (χ2v) is 2.80. The van der Waals surface area contributed by atoms with E-state index in [1.807, 2.05) is 0 Å². The van der Waals surface area contributed by atoms with Gasteiger partial charge in [0.05, 0.1) is 4.92 Å². The molecule has 0 N–H and O–H groups in total. The van der Waals surface area contributed by atoms with E-state index in [2.05, 4.69) is 0 Å². The molecule has 1 aromatic carbocycles. The first-order valence-corrected chi connectivity index (χ1v) is 4.02. The van der Waals surface area contributed by atoms with Crippen molar-refractivity contribution in [2.24, 2.45) is 0 Å². The summed E-state index contributed by atoms with van der Waals surface area (Å²) in [5, 5.41) is 10.5. The zero-order chi connectivity index (χ0) is 10.6. The van der Waals surface area contributed by atoms with Crippen LogP contribution in [0.5, 0.6) is 0 Å². The number of hydrogen-bond donors (Lipinski definition) is 0. The first kappa shape index (κ1) is 10.1. The van der Waals surface area contributed by atoms with Crippen molar-refractivity contribution in [3.8, 4) is 0 Å². The zero-order valence-corrected chi connectivity index (χ0v) is 7.64. The largest absolute Gasteiger partial charge is 0.299 e. The number of nitro benzene ring substituents is 1. The van der Waals surface area contributed by atoms with Crippen LogP contribution in [0.2, 0.25) is 0 Å². The van der Waals surface area contributed by atoms with Crippen LogP contribution in [0.3, 0.4) is 0 Å². The van der Waals surface area contributed by atoms with Gasteiger partial charge < -0.3 is 0 Å². The Bertz CT molecular complexity index is 396. The van der Waals surface area contributed by atoms with Gasteiger partial charge in [-0.25, -0.2) is 0 Å². The highest BCUT2D eigenvalue weighted by Crippen LogP contribution is 2.19. The number of carbonyl (C=O) groups is 1. The number of hydrogen-bond acceptors (Lipinski definition) is 3. The Kier molecular flexibility index (Phi) is 3.12. The van der Waals surface area contributed by atoms with Gasteiger partial charge in [0, 0.05) is 11.6 Å². The summed E-state index contributed by atoms with van der Waals surface area (Å²) in [5.74, 6) is 0. The second-order valence-electron chi connectivity index (χ2n) is 2.80. The van der Waals surface area contributed by atoms with E-state index in [4.69, 9.17) is 0 Å². The summed E-state index contributed by atoms with van der Waals surface area (Å²) >= 11 is 0. The topological polar surface area (TPSA) is 60.2 Å². The van der Waals surface area contributed by atoms with Gasteiger partial charge in [-0.2, -0.15) is 0 Å². The van der Waals surface area contributed by atoms with E-state index in [0.717, 1.165) is 5.56 Å². The molecule has 0 saturated heterocycles. The van der Waals surface area contributed by atoms with Gasteiger partial charge in [-0.15, -0.1) is 0 Å². The molecular formula is C10H9NO3. The van der Waals surface area contributed by atoms with Crippen LogP contribution < -0.4 is 0 Å². The molecule has 14 heavy (non-hydrogen) atoms. The number of carbonyl (C=O) groups excluding carboxylic acids is 1. The molecule has 0 unspecified atom stereocenters. The maximum Gasteiger partial charge on any atom is 0.272 e. The highest BCUT2D eigenvalue weighted by Gasteiger charge is 2.08. The van der Waals surface area contributed by atoms with Gasteiger partial charge in [-0.1, -0.05) is 6.08 Å². The minimum atomic E-state index is -0.428. The molecule has 0 fully saturated rings. The maximum atomic E-state index is 10.5. The fourth-order valence-corrected chi connectivity index (χ4v) is 1.14. The molecule has 0 spiro atoms. The normalized spacial score (nSPS) is 10.4. The lowest BCUT2D eigenvalue weighted by molar-refractivity contribution is -0.385. The van der Waals surface area contributed by atoms with Gasteiger partial charge in [0.2, 0.25) is 0 Å². The fourth-order valence-electron chi connectivity index (χ4n) is 1.14. The predicted molar refractivity (Wildman–Crippen MR) is 52.9 cm³/mol. The van der Waals surface area contributed by atoms with Crippen LogP contribution >= 0.6 is 0 Å². The molecule has 0 amide bonds. The van der Waals surface area contributed by atoms with Gasteiger partial charge in [-0.3, -0.25) is 14.9 Å². The summed E-state index contributed by atoms with van der Waals surface area (Å²) < 4.78 is 0. The van der Waals surface area contributed by atoms with Gasteiger partial charge in [-0.05, 0) is 30.7 Å². The SMILES string of the molecule is Cc1cc(C=CC=O)ccc1[N+](=O)[O-]. The third-order valence-corrected chi connectivity index (χ3v) is 1.78. The third-order valence-electron chi connectivity index (χ3n) is 1.78. The van der Waals surface area contributed by atoms with Crippen LogP contribution in [0.15, 0.2) is 24.3 Å². The molecular weight excluding hydrogens is 182 g/mol. The molecule has 0 aromatic heterocycles. The lowest BCUT2D eigenvalue weighted by Crippen LogP contribution is -1.91. The zero-order valence-electron chi connectivity index (χ0n) is 7.64. The summed E-state index contributed by atoms with van der Waals surface area (Å²) in [7, 11) is 0. The lowest BCUT2D eigenvalue weighted by atomic mass is 10.1. The van der Waals surface area contributed by atoms with Crippen LogP contribution in [0.1, 0.15) is 11.1 Å². The van der Waals surface area contributed by atoms with Gasteiger partial charge in [0.1, 0.15) is 6.29 Å². The van der Waals surface area contributed by atoms with E-state index >= 15 is 0 Å². The van der Waals surface area contributed by atoms with Crippen molar-refractivity contribution in [2.45, 2.75) is 6.92 Å². The Morgan fingerprint density at radius 3 is 2.64 bits per heavy atom. The Morgan fingerprint density at radius 1 is 1.43 bits per heavy atom. The molecule has 0 aliphatic rings. The van der Waals surface area contributed by atoms with E-state index in [9.17, 15) is 14.9 Å². The second kappa shape index (κ2) is 4.32. The Hall–Kier alpha value is -1.97.